The average molecular weight is 263 g/mol. The van der Waals surface area contributed by atoms with Crippen LogP contribution in [0.25, 0.3) is 11.1 Å². The number of nitrogens with zero attached hydrogens (tertiary/aromatic N) is 3. The number of nitriles is 1. The van der Waals surface area contributed by atoms with Crippen LogP contribution in [0.2, 0.25) is 0 Å². The number of aryl methyl sites for hydroxylation is 2. The molecule has 1 aliphatic heterocycles. The molecular weight excluding hydrogens is 246 g/mol. The molecule has 0 radical (unpaired) electrons. The van der Waals surface area contributed by atoms with Gasteiger partial charge in [-0.05, 0) is 60.7 Å². The van der Waals surface area contributed by atoms with E-state index in [4.69, 9.17) is 0 Å². The maximum absolute atomic E-state index is 9.45. The number of pyridine rings is 1. The Morgan fingerprint density at radius 1 is 1.30 bits per heavy atom. The predicted molar refractivity (Wildman–Crippen MR) is 80.7 cm³/mol. The molecule has 3 heteroatoms. The summed E-state index contributed by atoms with van der Waals surface area (Å²) in [5.74, 6) is 0. The summed E-state index contributed by atoms with van der Waals surface area (Å²) in [6.45, 7) is 3.04. The molecule has 1 aliphatic rings. The highest BCUT2D eigenvalue weighted by atomic mass is 15.1. The van der Waals surface area contributed by atoms with Gasteiger partial charge in [-0.15, -0.1) is 0 Å². The SMILES string of the molecule is Cc1cc(-c2cc3c(cc2C#N)N(C)CCC3)ccn1. The second-order valence-corrected chi connectivity index (χ2v) is 5.35. The van der Waals surface area contributed by atoms with Crippen molar-refractivity contribution in [3.8, 4) is 17.2 Å². The first-order valence-corrected chi connectivity index (χ1v) is 6.90. The quantitative estimate of drug-likeness (QED) is 0.792. The van der Waals surface area contributed by atoms with Gasteiger partial charge in [0.05, 0.1) is 11.6 Å². The van der Waals surface area contributed by atoms with Crippen molar-refractivity contribution in [1.82, 2.24) is 4.98 Å². The first-order valence-electron chi connectivity index (χ1n) is 6.90. The van der Waals surface area contributed by atoms with Gasteiger partial charge in [0.2, 0.25) is 0 Å². The average Bonchev–Trinajstić information content (AvgIpc) is 2.46. The van der Waals surface area contributed by atoms with Gasteiger partial charge < -0.3 is 4.90 Å². The van der Waals surface area contributed by atoms with E-state index in [1.54, 1.807) is 6.20 Å². The molecule has 0 unspecified atom stereocenters. The molecule has 1 aromatic carbocycles. The zero-order valence-corrected chi connectivity index (χ0v) is 11.8. The molecule has 100 valence electrons. The highest BCUT2D eigenvalue weighted by Gasteiger charge is 2.17. The smallest absolute Gasteiger partial charge is 0.0998 e. The molecule has 2 aromatic rings. The fourth-order valence-corrected chi connectivity index (χ4v) is 2.86. The van der Waals surface area contributed by atoms with Crippen molar-refractivity contribution in [2.24, 2.45) is 0 Å². The van der Waals surface area contributed by atoms with Crippen LogP contribution in [0.1, 0.15) is 23.2 Å². The van der Waals surface area contributed by atoms with Crippen molar-refractivity contribution in [2.75, 3.05) is 18.5 Å². The fraction of sp³-hybridized carbons (Fsp3) is 0.294. The summed E-state index contributed by atoms with van der Waals surface area (Å²) >= 11 is 0. The molecule has 0 saturated carbocycles. The number of anilines is 1. The highest BCUT2D eigenvalue weighted by molar-refractivity contribution is 5.76. The zero-order valence-electron chi connectivity index (χ0n) is 11.8. The van der Waals surface area contributed by atoms with Gasteiger partial charge in [-0.3, -0.25) is 4.98 Å². The van der Waals surface area contributed by atoms with Gasteiger partial charge in [-0.2, -0.15) is 5.26 Å². The third-order valence-corrected chi connectivity index (χ3v) is 3.90. The van der Waals surface area contributed by atoms with Crippen LogP contribution in [0.3, 0.4) is 0 Å². The van der Waals surface area contributed by atoms with Crippen LogP contribution in [-0.4, -0.2) is 18.6 Å². The molecule has 0 saturated heterocycles. The van der Waals surface area contributed by atoms with Crippen LogP contribution in [0.15, 0.2) is 30.5 Å². The van der Waals surface area contributed by atoms with Crippen LogP contribution in [0.5, 0.6) is 0 Å². The lowest BCUT2D eigenvalue weighted by molar-refractivity contribution is 0.744. The van der Waals surface area contributed by atoms with Crippen molar-refractivity contribution in [3.05, 3.63) is 47.3 Å². The molecule has 20 heavy (non-hydrogen) atoms. The maximum Gasteiger partial charge on any atom is 0.0998 e. The van der Waals surface area contributed by atoms with E-state index in [0.717, 1.165) is 35.3 Å². The molecule has 0 bridgehead atoms. The summed E-state index contributed by atoms with van der Waals surface area (Å²) in [7, 11) is 2.09. The second kappa shape index (κ2) is 4.97. The van der Waals surface area contributed by atoms with E-state index in [1.165, 1.54) is 17.7 Å². The van der Waals surface area contributed by atoms with E-state index in [-0.39, 0.29) is 0 Å². The van der Waals surface area contributed by atoms with E-state index >= 15 is 0 Å². The Kier molecular flexibility index (Phi) is 3.15. The number of fused-ring (bicyclic) bond motifs is 1. The molecule has 3 rings (SSSR count). The van der Waals surface area contributed by atoms with E-state index in [1.807, 2.05) is 25.1 Å². The first-order chi connectivity index (χ1) is 9.69. The Labute approximate surface area is 119 Å². The van der Waals surface area contributed by atoms with E-state index in [0.29, 0.717) is 0 Å². The minimum Gasteiger partial charge on any atom is -0.374 e. The fourth-order valence-electron chi connectivity index (χ4n) is 2.86. The van der Waals surface area contributed by atoms with Gasteiger partial charge in [-0.25, -0.2) is 0 Å². The summed E-state index contributed by atoms with van der Waals surface area (Å²) < 4.78 is 0. The van der Waals surface area contributed by atoms with Crippen molar-refractivity contribution in [3.63, 3.8) is 0 Å². The summed E-state index contributed by atoms with van der Waals surface area (Å²) in [6.07, 6.45) is 4.06. The number of hydrogen-bond donors (Lipinski definition) is 0. The first kappa shape index (κ1) is 12.7. The van der Waals surface area contributed by atoms with Crippen LogP contribution in [0.4, 0.5) is 5.69 Å². The molecule has 0 N–H and O–H groups in total. The van der Waals surface area contributed by atoms with Crippen LogP contribution < -0.4 is 4.90 Å². The largest absolute Gasteiger partial charge is 0.374 e. The van der Waals surface area contributed by atoms with Gasteiger partial charge in [0.15, 0.2) is 0 Å². The summed E-state index contributed by atoms with van der Waals surface area (Å²) in [5.41, 5.74) is 6.34. The van der Waals surface area contributed by atoms with Crippen LogP contribution in [-0.2, 0) is 6.42 Å². The van der Waals surface area contributed by atoms with Crippen molar-refractivity contribution in [2.45, 2.75) is 19.8 Å². The second-order valence-electron chi connectivity index (χ2n) is 5.35. The standard InChI is InChI=1S/C17H17N3/c1-12-8-13(5-6-19-12)16-9-14-4-3-7-20(2)17(14)10-15(16)11-18/h5-6,8-10H,3-4,7H2,1-2H3. The van der Waals surface area contributed by atoms with Crippen LogP contribution >= 0.6 is 0 Å². The Morgan fingerprint density at radius 2 is 2.15 bits per heavy atom. The molecule has 0 atom stereocenters. The van der Waals surface area contributed by atoms with Crippen molar-refractivity contribution in [1.29, 1.82) is 5.26 Å². The monoisotopic (exact) mass is 263 g/mol. The van der Waals surface area contributed by atoms with E-state index in [2.05, 4.69) is 29.1 Å². The minimum absolute atomic E-state index is 0.739. The third kappa shape index (κ3) is 2.14. The van der Waals surface area contributed by atoms with Gasteiger partial charge in [0, 0.05) is 31.2 Å². The van der Waals surface area contributed by atoms with Crippen LogP contribution in [0, 0.1) is 18.3 Å². The van der Waals surface area contributed by atoms with Gasteiger partial charge >= 0.3 is 0 Å². The topological polar surface area (TPSA) is 39.9 Å². The van der Waals surface area contributed by atoms with E-state index in [9.17, 15) is 5.26 Å². The normalized spacial score (nSPS) is 13.8. The van der Waals surface area contributed by atoms with Crippen molar-refractivity contribution >= 4 is 5.69 Å². The minimum atomic E-state index is 0.739. The summed E-state index contributed by atoms with van der Waals surface area (Å²) in [6, 6.07) is 10.6. The van der Waals surface area contributed by atoms with Gasteiger partial charge in [-0.1, -0.05) is 0 Å². The lowest BCUT2D eigenvalue weighted by atomic mass is 9.93. The number of aromatic nitrogens is 1. The maximum atomic E-state index is 9.45. The summed E-state index contributed by atoms with van der Waals surface area (Å²) in [5, 5.41) is 9.45. The van der Waals surface area contributed by atoms with Crippen molar-refractivity contribution < 1.29 is 0 Å². The number of hydrogen-bond acceptors (Lipinski definition) is 3. The predicted octanol–water partition coefficient (Wildman–Crippen LogP) is 3.31. The molecule has 1 aromatic heterocycles. The Hall–Kier alpha value is -2.34. The third-order valence-electron chi connectivity index (χ3n) is 3.90. The number of benzene rings is 1. The lowest BCUT2D eigenvalue weighted by Gasteiger charge is -2.28. The Bertz CT molecular complexity index is 698. The Morgan fingerprint density at radius 3 is 2.90 bits per heavy atom. The van der Waals surface area contributed by atoms with Gasteiger partial charge in [0.25, 0.3) is 0 Å². The molecule has 3 nitrogen and oxygen atoms in total. The highest BCUT2D eigenvalue weighted by Crippen LogP contribution is 2.33. The molecule has 2 heterocycles. The Balaban J connectivity index is 2.19. The summed E-state index contributed by atoms with van der Waals surface area (Å²) in [4.78, 5) is 6.47. The molecule has 0 amide bonds. The van der Waals surface area contributed by atoms with E-state index < -0.39 is 0 Å². The zero-order chi connectivity index (χ0) is 14.1. The number of rotatable bonds is 1. The lowest BCUT2D eigenvalue weighted by Crippen LogP contribution is -2.24. The molecule has 0 aliphatic carbocycles. The molecule has 0 spiro atoms. The molecule has 0 fully saturated rings. The molecular formula is C17H17N3. The van der Waals surface area contributed by atoms with Gasteiger partial charge in [0.1, 0.15) is 0 Å².